The number of aromatic nitrogens is 4. The van der Waals surface area contributed by atoms with E-state index in [0.717, 1.165) is 5.69 Å². The fraction of sp³-hybridized carbons (Fsp3) is 0.538. The van der Waals surface area contributed by atoms with Crippen molar-refractivity contribution in [1.82, 2.24) is 23.2 Å². The molecule has 1 aliphatic heterocycles. The molecule has 0 atom stereocenters. The van der Waals surface area contributed by atoms with Crippen molar-refractivity contribution < 1.29 is 8.42 Å². The molecule has 2 aromatic heterocycles. The maximum absolute atomic E-state index is 12.7. The summed E-state index contributed by atoms with van der Waals surface area (Å²) in [4.78, 5) is 16.2. The molecule has 0 saturated heterocycles. The second-order valence-corrected chi connectivity index (χ2v) is 7.48. The summed E-state index contributed by atoms with van der Waals surface area (Å²) in [7, 11) is 1.55. The number of imidazole rings is 1. The fourth-order valence-corrected chi connectivity index (χ4v) is 4.25. The number of aryl methyl sites for hydroxylation is 1. The molecule has 0 bridgehead atoms. The van der Waals surface area contributed by atoms with Crippen molar-refractivity contribution in [2.75, 3.05) is 6.54 Å². The van der Waals surface area contributed by atoms with Crippen LogP contribution in [-0.2, 0) is 44.1 Å². The Bertz CT molecular complexity index is 874. The third kappa shape index (κ3) is 2.20. The van der Waals surface area contributed by atoms with Gasteiger partial charge in [0.1, 0.15) is 0 Å². The normalized spacial score (nSPS) is 16.5. The Balaban J connectivity index is 2.03. The van der Waals surface area contributed by atoms with E-state index in [0.29, 0.717) is 24.9 Å². The Morgan fingerprint density at radius 3 is 2.55 bits per heavy atom. The van der Waals surface area contributed by atoms with E-state index in [1.807, 2.05) is 7.05 Å². The lowest BCUT2D eigenvalue weighted by Gasteiger charge is -2.18. The highest BCUT2D eigenvalue weighted by Gasteiger charge is 2.31. The molecule has 0 radical (unpaired) electrons. The molecule has 3 heterocycles. The maximum atomic E-state index is 12.7. The van der Waals surface area contributed by atoms with Gasteiger partial charge in [0.2, 0.25) is 0 Å². The standard InChI is InChI=1S/C13H19N5O3S/c1-15-8-12(14-9-15)22(20,21)18-6-4-5-11-10(7-18)13(19)17(3)16(11)2/h8-9H,4-7H2,1-3H3. The molecule has 0 saturated carbocycles. The van der Waals surface area contributed by atoms with E-state index >= 15 is 0 Å². The van der Waals surface area contributed by atoms with Crippen LogP contribution in [0.15, 0.2) is 22.3 Å². The number of sulfonamides is 1. The quantitative estimate of drug-likeness (QED) is 0.752. The first-order valence-corrected chi connectivity index (χ1v) is 8.48. The second kappa shape index (κ2) is 5.10. The van der Waals surface area contributed by atoms with Crippen LogP contribution in [0.2, 0.25) is 0 Å². The topological polar surface area (TPSA) is 82.1 Å². The van der Waals surface area contributed by atoms with Crippen molar-refractivity contribution >= 4 is 10.0 Å². The molecule has 0 N–H and O–H groups in total. The van der Waals surface area contributed by atoms with E-state index in [1.54, 1.807) is 23.3 Å². The van der Waals surface area contributed by atoms with Crippen molar-refractivity contribution in [3.8, 4) is 0 Å². The van der Waals surface area contributed by atoms with Crippen molar-refractivity contribution in [1.29, 1.82) is 0 Å². The van der Waals surface area contributed by atoms with Crippen LogP contribution in [0.4, 0.5) is 0 Å². The van der Waals surface area contributed by atoms with Gasteiger partial charge in [-0.25, -0.2) is 13.4 Å². The maximum Gasteiger partial charge on any atom is 0.271 e. The van der Waals surface area contributed by atoms with Gasteiger partial charge < -0.3 is 4.57 Å². The molecule has 3 rings (SSSR count). The molecule has 0 spiro atoms. The minimum atomic E-state index is -3.68. The van der Waals surface area contributed by atoms with Crippen LogP contribution < -0.4 is 5.56 Å². The highest BCUT2D eigenvalue weighted by Crippen LogP contribution is 2.21. The van der Waals surface area contributed by atoms with E-state index in [1.165, 1.54) is 21.5 Å². The van der Waals surface area contributed by atoms with Crippen LogP contribution in [0.25, 0.3) is 0 Å². The van der Waals surface area contributed by atoms with Gasteiger partial charge in [0.05, 0.1) is 11.9 Å². The van der Waals surface area contributed by atoms with Gasteiger partial charge in [0.25, 0.3) is 15.6 Å². The summed E-state index contributed by atoms with van der Waals surface area (Å²) in [5, 5.41) is 0.0196. The van der Waals surface area contributed by atoms with Crippen LogP contribution in [0.3, 0.4) is 0 Å². The predicted molar refractivity (Wildman–Crippen MR) is 79.8 cm³/mol. The minimum Gasteiger partial charge on any atom is -0.339 e. The van der Waals surface area contributed by atoms with Gasteiger partial charge in [-0.05, 0) is 12.8 Å². The number of fused-ring (bicyclic) bond motifs is 1. The number of hydrogen-bond acceptors (Lipinski definition) is 4. The SMILES string of the molecule is Cn1cnc(S(=O)(=O)N2CCCc3c(c(=O)n(C)n3C)C2)c1. The second-order valence-electron chi connectivity index (χ2n) is 5.60. The third-order valence-corrected chi connectivity index (χ3v) is 5.91. The zero-order valence-corrected chi connectivity index (χ0v) is 13.7. The van der Waals surface area contributed by atoms with Crippen LogP contribution in [0.5, 0.6) is 0 Å². The molecular formula is C13H19N5O3S. The van der Waals surface area contributed by atoms with Gasteiger partial charge in [-0.2, -0.15) is 4.31 Å². The summed E-state index contributed by atoms with van der Waals surface area (Å²) >= 11 is 0. The van der Waals surface area contributed by atoms with Crippen molar-refractivity contribution in [3.63, 3.8) is 0 Å². The summed E-state index contributed by atoms with van der Waals surface area (Å²) in [6.07, 6.45) is 4.30. The summed E-state index contributed by atoms with van der Waals surface area (Å²) in [5.41, 5.74) is 1.33. The van der Waals surface area contributed by atoms with Crippen molar-refractivity contribution in [2.45, 2.75) is 24.4 Å². The highest BCUT2D eigenvalue weighted by molar-refractivity contribution is 7.89. The lowest BCUT2D eigenvalue weighted by molar-refractivity contribution is 0.405. The third-order valence-electron chi connectivity index (χ3n) is 4.18. The van der Waals surface area contributed by atoms with Gasteiger partial charge in [0, 0.05) is 46.1 Å². The molecule has 0 aliphatic carbocycles. The monoisotopic (exact) mass is 325 g/mol. The Morgan fingerprint density at radius 1 is 1.18 bits per heavy atom. The van der Waals surface area contributed by atoms with E-state index in [2.05, 4.69) is 4.98 Å². The number of rotatable bonds is 2. The summed E-state index contributed by atoms with van der Waals surface area (Å²) in [6, 6.07) is 0. The number of nitrogens with zero attached hydrogens (tertiary/aromatic N) is 5. The molecule has 9 heteroatoms. The Kier molecular flexibility index (Phi) is 3.48. The first kappa shape index (κ1) is 15.0. The van der Waals surface area contributed by atoms with Crippen molar-refractivity contribution in [2.24, 2.45) is 21.1 Å². The van der Waals surface area contributed by atoms with E-state index in [4.69, 9.17) is 0 Å². The lowest BCUT2D eigenvalue weighted by Crippen LogP contribution is -2.33. The Hall–Kier alpha value is -1.87. The predicted octanol–water partition coefficient (Wildman–Crippen LogP) is -0.406. The van der Waals surface area contributed by atoms with Gasteiger partial charge in [-0.15, -0.1) is 0 Å². The molecule has 0 unspecified atom stereocenters. The van der Waals surface area contributed by atoms with E-state index in [-0.39, 0.29) is 17.1 Å². The summed E-state index contributed by atoms with van der Waals surface area (Å²) in [6.45, 7) is 0.485. The summed E-state index contributed by atoms with van der Waals surface area (Å²) < 4.78 is 31.7. The fourth-order valence-electron chi connectivity index (χ4n) is 2.84. The molecule has 120 valence electrons. The van der Waals surface area contributed by atoms with Crippen molar-refractivity contribution in [3.05, 3.63) is 34.1 Å². The van der Waals surface area contributed by atoms with Gasteiger partial charge >= 0.3 is 0 Å². The first-order chi connectivity index (χ1) is 10.3. The van der Waals surface area contributed by atoms with E-state index < -0.39 is 10.0 Å². The zero-order chi connectivity index (χ0) is 16.1. The van der Waals surface area contributed by atoms with E-state index in [9.17, 15) is 13.2 Å². The average Bonchev–Trinajstić information content (AvgIpc) is 2.89. The van der Waals surface area contributed by atoms with Gasteiger partial charge in [0.15, 0.2) is 5.03 Å². The Labute approximate surface area is 128 Å². The molecular weight excluding hydrogens is 306 g/mol. The smallest absolute Gasteiger partial charge is 0.271 e. The van der Waals surface area contributed by atoms with Gasteiger partial charge in [-0.3, -0.25) is 14.2 Å². The molecule has 0 amide bonds. The average molecular weight is 325 g/mol. The van der Waals surface area contributed by atoms with Crippen LogP contribution in [0.1, 0.15) is 17.7 Å². The lowest BCUT2D eigenvalue weighted by atomic mass is 10.2. The largest absolute Gasteiger partial charge is 0.339 e. The highest BCUT2D eigenvalue weighted by atomic mass is 32.2. The first-order valence-electron chi connectivity index (χ1n) is 7.04. The van der Waals surface area contributed by atoms with Crippen LogP contribution in [0, 0.1) is 0 Å². The number of hydrogen-bond donors (Lipinski definition) is 0. The molecule has 8 nitrogen and oxygen atoms in total. The minimum absolute atomic E-state index is 0.0196. The molecule has 0 aromatic carbocycles. The van der Waals surface area contributed by atoms with Gasteiger partial charge in [-0.1, -0.05) is 0 Å². The molecule has 2 aromatic rings. The molecule has 0 fully saturated rings. The Morgan fingerprint density at radius 2 is 1.91 bits per heavy atom. The summed E-state index contributed by atoms with van der Waals surface area (Å²) in [5.74, 6) is 0. The molecule has 1 aliphatic rings. The molecule has 22 heavy (non-hydrogen) atoms. The van der Waals surface area contributed by atoms with Crippen LogP contribution >= 0.6 is 0 Å². The van der Waals surface area contributed by atoms with Crippen LogP contribution in [-0.4, -0.2) is 38.2 Å². The zero-order valence-electron chi connectivity index (χ0n) is 12.9.